The van der Waals surface area contributed by atoms with Crippen LogP contribution in [0, 0.1) is 11.6 Å². The molecule has 0 fully saturated rings. The lowest BCUT2D eigenvalue weighted by Gasteiger charge is -2.18. The molecule has 0 aliphatic carbocycles. The van der Waals surface area contributed by atoms with Crippen LogP contribution in [0.3, 0.4) is 0 Å². The van der Waals surface area contributed by atoms with E-state index in [2.05, 4.69) is 26.1 Å². The highest BCUT2D eigenvalue weighted by atomic mass is 35.5. The van der Waals surface area contributed by atoms with Crippen LogP contribution in [0.1, 0.15) is 42.1 Å². The largest absolute Gasteiger partial charge is 0.309 e. The highest BCUT2D eigenvalue weighted by Gasteiger charge is 2.23. The molecule has 1 atom stereocenters. The maximum absolute atomic E-state index is 14.1. The van der Waals surface area contributed by atoms with Crippen molar-refractivity contribution in [3.05, 3.63) is 56.2 Å². The summed E-state index contributed by atoms with van der Waals surface area (Å²) in [6.45, 7) is 6.37. The number of thiophene rings is 1. The third-order valence-electron chi connectivity index (χ3n) is 3.29. The van der Waals surface area contributed by atoms with Crippen LogP contribution >= 0.6 is 22.9 Å². The van der Waals surface area contributed by atoms with Gasteiger partial charge in [-0.1, -0.05) is 32.4 Å². The Morgan fingerprint density at radius 3 is 2.33 bits per heavy atom. The minimum absolute atomic E-state index is 0.0327. The monoisotopic (exact) mass is 329 g/mol. The number of hydrogen-bond acceptors (Lipinski definition) is 2. The normalized spacial score (nSPS) is 13.5. The molecular weight excluding hydrogens is 312 g/mol. The quantitative estimate of drug-likeness (QED) is 0.755. The van der Waals surface area contributed by atoms with E-state index in [4.69, 9.17) is 11.6 Å². The first-order chi connectivity index (χ1) is 9.74. The molecule has 0 bridgehead atoms. The van der Waals surface area contributed by atoms with E-state index in [0.29, 0.717) is 0 Å². The van der Waals surface area contributed by atoms with E-state index in [1.807, 2.05) is 12.1 Å². The van der Waals surface area contributed by atoms with E-state index in [9.17, 15) is 8.78 Å². The Morgan fingerprint density at radius 1 is 1.14 bits per heavy atom. The molecule has 0 aliphatic rings. The molecule has 0 amide bonds. The van der Waals surface area contributed by atoms with Crippen molar-refractivity contribution in [2.24, 2.45) is 0 Å². The van der Waals surface area contributed by atoms with Crippen molar-refractivity contribution >= 4 is 22.9 Å². The van der Waals surface area contributed by atoms with Gasteiger partial charge in [-0.05, 0) is 36.7 Å². The number of hydrogen-bond donors (Lipinski definition) is 1. The fourth-order valence-corrected chi connectivity index (χ4v) is 3.47. The molecule has 0 saturated carbocycles. The predicted octanol–water partition coefficient (Wildman–Crippen LogP) is 5.29. The number of halogens is 3. The lowest BCUT2D eigenvalue weighted by Crippen LogP contribution is -2.18. The molecular formula is C16H18ClF2NS. The van der Waals surface area contributed by atoms with Gasteiger partial charge in [0.15, 0.2) is 0 Å². The van der Waals surface area contributed by atoms with Gasteiger partial charge in [-0.25, -0.2) is 8.78 Å². The van der Waals surface area contributed by atoms with Crippen molar-refractivity contribution in [2.45, 2.75) is 32.2 Å². The Bertz CT molecular complexity index is 646. The predicted molar refractivity (Wildman–Crippen MR) is 85.3 cm³/mol. The zero-order valence-corrected chi connectivity index (χ0v) is 14.0. The Hall–Kier alpha value is -0.970. The van der Waals surface area contributed by atoms with Gasteiger partial charge in [-0.3, -0.25) is 0 Å². The fourth-order valence-electron chi connectivity index (χ4n) is 2.12. The second kappa shape index (κ2) is 6.03. The molecule has 5 heteroatoms. The van der Waals surface area contributed by atoms with E-state index in [-0.39, 0.29) is 16.0 Å². The van der Waals surface area contributed by atoms with E-state index in [0.717, 1.165) is 17.0 Å². The summed E-state index contributed by atoms with van der Waals surface area (Å²) in [7, 11) is 1.73. The van der Waals surface area contributed by atoms with Gasteiger partial charge >= 0.3 is 0 Å². The average molecular weight is 330 g/mol. The summed E-state index contributed by atoms with van der Waals surface area (Å²) < 4.78 is 27.8. The van der Waals surface area contributed by atoms with Crippen LogP contribution in [0.2, 0.25) is 5.02 Å². The van der Waals surface area contributed by atoms with E-state index >= 15 is 0 Å². The summed E-state index contributed by atoms with van der Waals surface area (Å²) in [6, 6.07) is 5.79. The summed E-state index contributed by atoms with van der Waals surface area (Å²) in [6.07, 6.45) is 0. The average Bonchev–Trinajstić information content (AvgIpc) is 2.86. The summed E-state index contributed by atoms with van der Waals surface area (Å²) in [4.78, 5) is 2.15. The SMILES string of the molecule is CNC(c1ccc(C(C)(C)C)s1)c1cc(F)c(Cl)cc1F. The molecule has 1 N–H and O–H groups in total. The van der Waals surface area contributed by atoms with Gasteiger partial charge in [0.05, 0.1) is 11.1 Å². The van der Waals surface area contributed by atoms with Crippen molar-refractivity contribution in [1.82, 2.24) is 5.32 Å². The molecule has 21 heavy (non-hydrogen) atoms. The highest BCUT2D eigenvalue weighted by Crippen LogP contribution is 2.36. The Morgan fingerprint density at radius 2 is 1.81 bits per heavy atom. The molecule has 0 spiro atoms. The first-order valence-corrected chi connectivity index (χ1v) is 7.85. The summed E-state index contributed by atoms with van der Waals surface area (Å²) >= 11 is 7.21. The molecule has 0 saturated heterocycles. The van der Waals surface area contributed by atoms with Crippen molar-refractivity contribution in [2.75, 3.05) is 7.05 Å². The summed E-state index contributed by atoms with van der Waals surface area (Å²) in [5.74, 6) is -1.12. The topological polar surface area (TPSA) is 12.0 Å². The molecule has 114 valence electrons. The van der Waals surface area contributed by atoms with Gasteiger partial charge in [-0.15, -0.1) is 11.3 Å². The molecule has 0 radical (unpaired) electrons. The van der Waals surface area contributed by atoms with Crippen LogP contribution in [-0.4, -0.2) is 7.05 Å². The number of rotatable bonds is 3. The maximum atomic E-state index is 14.1. The molecule has 1 aromatic carbocycles. The standard InChI is InChI=1S/C16H18ClF2NS/c1-16(2,3)14-6-5-13(21-14)15(20-4)9-7-12(19)10(17)8-11(9)18/h5-8,15,20H,1-4H3. The van der Waals surface area contributed by atoms with Gasteiger partial charge in [0, 0.05) is 15.3 Å². The molecule has 1 nitrogen and oxygen atoms in total. The third-order valence-corrected chi connectivity index (χ3v) is 5.16. The van der Waals surface area contributed by atoms with Crippen LogP contribution < -0.4 is 5.32 Å². The van der Waals surface area contributed by atoms with Crippen LogP contribution in [0.4, 0.5) is 8.78 Å². The molecule has 1 aromatic heterocycles. The molecule has 2 rings (SSSR count). The van der Waals surface area contributed by atoms with Gasteiger partial charge in [0.2, 0.25) is 0 Å². The molecule has 1 unspecified atom stereocenters. The maximum Gasteiger partial charge on any atom is 0.142 e. The number of nitrogens with one attached hydrogen (secondary N) is 1. The minimum atomic E-state index is -0.610. The lowest BCUT2D eigenvalue weighted by atomic mass is 9.95. The third kappa shape index (κ3) is 3.44. The second-order valence-corrected chi connectivity index (χ2v) is 7.48. The molecule has 2 aromatic rings. The van der Waals surface area contributed by atoms with Crippen LogP contribution in [0.25, 0.3) is 0 Å². The highest BCUT2D eigenvalue weighted by molar-refractivity contribution is 7.12. The lowest BCUT2D eigenvalue weighted by molar-refractivity contribution is 0.561. The van der Waals surface area contributed by atoms with Gasteiger partial charge < -0.3 is 5.32 Å². The second-order valence-electron chi connectivity index (χ2n) is 5.96. The Balaban J connectivity index is 2.45. The van der Waals surface area contributed by atoms with Crippen molar-refractivity contribution in [1.29, 1.82) is 0 Å². The van der Waals surface area contributed by atoms with E-state index < -0.39 is 17.7 Å². The Labute approximate surface area is 133 Å². The van der Waals surface area contributed by atoms with Gasteiger partial charge in [0.25, 0.3) is 0 Å². The van der Waals surface area contributed by atoms with E-state index in [1.165, 1.54) is 4.88 Å². The smallest absolute Gasteiger partial charge is 0.142 e. The van der Waals surface area contributed by atoms with Crippen LogP contribution in [0.15, 0.2) is 24.3 Å². The first kappa shape index (κ1) is 16.4. The van der Waals surface area contributed by atoms with Crippen molar-refractivity contribution < 1.29 is 8.78 Å². The summed E-state index contributed by atoms with van der Waals surface area (Å²) in [5.41, 5.74) is 0.298. The van der Waals surface area contributed by atoms with Gasteiger partial charge in [0.1, 0.15) is 11.6 Å². The van der Waals surface area contributed by atoms with Crippen molar-refractivity contribution in [3.63, 3.8) is 0 Å². The fraction of sp³-hybridized carbons (Fsp3) is 0.375. The Kier molecular flexibility index (Phi) is 4.71. The zero-order valence-electron chi connectivity index (χ0n) is 12.4. The first-order valence-electron chi connectivity index (χ1n) is 6.66. The van der Waals surface area contributed by atoms with Crippen molar-refractivity contribution in [3.8, 4) is 0 Å². The molecule has 1 heterocycles. The minimum Gasteiger partial charge on any atom is -0.309 e. The zero-order chi connectivity index (χ0) is 15.8. The van der Waals surface area contributed by atoms with Crippen LogP contribution in [0.5, 0.6) is 0 Å². The van der Waals surface area contributed by atoms with E-state index in [1.54, 1.807) is 18.4 Å². The summed E-state index contributed by atoms with van der Waals surface area (Å²) in [5, 5.41) is 2.85. The molecule has 0 aliphatic heterocycles. The number of benzene rings is 1. The van der Waals surface area contributed by atoms with Crippen LogP contribution in [-0.2, 0) is 5.41 Å². The van der Waals surface area contributed by atoms with Gasteiger partial charge in [-0.2, -0.15) is 0 Å².